The Bertz CT molecular complexity index is 2920. The Balaban J connectivity index is 1.13. The molecule has 11 rings (SSSR count). The summed E-state index contributed by atoms with van der Waals surface area (Å²) in [5, 5.41) is 12.7. The van der Waals surface area contributed by atoms with Crippen molar-refractivity contribution in [1.29, 1.82) is 0 Å². The Labute approximate surface area is 298 Å². The summed E-state index contributed by atoms with van der Waals surface area (Å²) in [4.78, 5) is 0. The van der Waals surface area contributed by atoms with E-state index >= 15 is 0 Å². The van der Waals surface area contributed by atoms with E-state index in [1.807, 2.05) is 23.9 Å². The van der Waals surface area contributed by atoms with Crippen LogP contribution < -0.4 is 0 Å². The topological polar surface area (TPSA) is 22.4 Å². The summed E-state index contributed by atoms with van der Waals surface area (Å²) in [6, 6.07) is 51.6. The molecule has 0 N–H and O–H groups in total. The van der Waals surface area contributed by atoms with Gasteiger partial charge in [-0.25, -0.2) is 0 Å². The van der Waals surface area contributed by atoms with Gasteiger partial charge in [0.05, 0.1) is 25.4 Å². The van der Waals surface area contributed by atoms with Crippen LogP contribution in [0.5, 0.6) is 0 Å². The molecule has 0 radical (unpaired) electrons. The number of furan rings is 1. The molecule has 2 aromatic heterocycles. The zero-order valence-corrected chi connectivity index (χ0v) is 28.4. The Hall–Kier alpha value is -6.16. The Morgan fingerprint density at radius 3 is 1.53 bits per heavy atom. The molecule has 1 aliphatic heterocycles. The second-order valence-electron chi connectivity index (χ2n) is 13.5. The van der Waals surface area contributed by atoms with Gasteiger partial charge in [-0.2, -0.15) is 0 Å². The number of hydrogen-bond donors (Lipinski definition) is 0. The molecule has 8 aromatic carbocycles. The molecule has 0 spiro atoms. The lowest BCUT2D eigenvalue weighted by Gasteiger charge is -2.19. The van der Waals surface area contributed by atoms with Crippen LogP contribution in [0.3, 0.4) is 0 Å². The van der Waals surface area contributed by atoms with Gasteiger partial charge in [0.2, 0.25) is 0 Å². The summed E-state index contributed by atoms with van der Waals surface area (Å²) in [5.74, 6) is 0.240. The summed E-state index contributed by atoms with van der Waals surface area (Å²) in [7, 11) is 0. The maximum atomic E-state index is 5.72. The van der Waals surface area contributed by atoms with Crippen molar-refractivity contribution in [2.75, 3.05) is 6.61 Å². The standard InChI is InChI=1S/C48H30O2S/c1-5-13-38-34(9-1)45(35-10-2-6-14-39(35)47(38)31-21-23-49-27-31)29-18-20-43-42(25-29)33-19-17-30(26-44(33)51-43)46-36-11-3-7-15-40(36)48(32-22-24-50-28-32)41-16-8-4-12-37(41)46/h1-27,32H,28H2. The van der Waals surface area contributed by atoms with Gasteiger partial charge in [0.25, 0.3) is 0 Å². The molecule has 240 valence electrons. The van der Waals surface area contributed by atoms with Gasteiger partial charge in [0.1, 0.15) is 0 Å². The Morgan fingerprint density at radius 2 is 0.980 bits per heavy atom. The molecule has 0 bridgehead atoms. The highest BCUT2D eigenvalue weighted by atomic mass is 32.1. The monoisotopic (exact) mass is 670 g/mol. The number of hydrogen-bond acceptors (Lipinski definition) is 3. The number of rotatable bonds is 4. The molecule has 0 saturated heterocycles. The van der Waals surface area contributed by atoms with Crippen LogP contribution in [0.25, 0.3) is 96.6 Å². The number of ether oxygens (including phenoxy) is 1. The largest absolute Gasteiger partial charge is 0.501 e. The molecule has 3 heterocycles. The minimum atomic E-state index is 0.240. The fraction of sp³-hybridized carbons (Fsp3) is 0.0417. The van der Waals surface area contributed by atoms with Crippen molar-refractivity contribution < 1.29 is 9.15 Å². The van der Waals surface area contributed by atoms with Crippen molar-refractivity contribution in [3.63, 3.8) is 0 Å². The van der Waals surface area contributed by atoms with Crippen molar-refractivity contribution in [2.24, 2.45) is 0 Å². The predicted octanol–water partition coefficient (Wildman–Crippen LogP) is 13.9. The lowest BCUT2D eigenvalue weighted by atomic mass is 9.84. The van der Waals surface area contributed by atoms with E-state index in [1.165, 1.54) is 96.6 Å². The summed E-state index contributed by atoms with van der Waals surface area (Å²) in [6.07, 6.45) is 7.67. The van der Waals surface area contributed by atoms with E-state index in [1.54, 1.807) is 6.26 Å². The van der Waals surface area contributed by atoms with Crippen molar-refractivity contribution in [3.05, 3.63) is 170 Å². The van der Waals surface area contributed by atoms with Gasteiger partial charge in [0, 0.05) is 37.2 Å². The van der Waals surface area contributed by atoms with Gasteiger partial charge < -0.3 is 9.15 Å². The van der Waals surface area contributed by atoms with Gasteiger partial charge in [0.15, 0.2) is 0 Å². The number of benzene rings is 8. The first-order valence-electron chi connectivity index (χ1n) is 17.5. The molecular weight excluding hydrogens is 641 g/mol. The molecule has 0 aliphatic carbocycles. The van der Waals surface area contributed by atoms with Crippen LogP contribution in [0.2, 0.25) is 0 Å². The molecule has 3 heteroatoms. The first-order chi connectivity index (χ1) is 25.3. The summed E-state index contributed by atoms with van der Waals surface area (Å²) in [5.41, 5.74) is 8.72. The van der Waals surface area contributed by atoms with E-state index in [0.717, 1.165) is 5.56 Å². The van der Waals surface area contributed by atoms with Crippen molar-refractivity contribution in [3.8, 4) is 33.4 Å². The minimum Gasteiger partial charge on any atom is -0.501 e. The van der Waals surface area contributed by atoms with E-state index in [0.29, 0.717) is 6.61 Å². The first kappa shape index (κ1) is 28.7. The fourth-order valence-corrected chi connectivity index (χ4v) is 9.79. The molecule has 1 atom stereocenters. The average molecular weight is 671 g/mol. The summed E-state index contributed by atoms with van der Waals surface area (Å²) < 4.78 is 13.9. The average Bonchev–Trinajstić information content (AvgIpc) is 3.98. The third-order valence-electron chi connectivity index (χ3n) is 10.8. The second-order valence-corrected chi connectivity index (χ2v) is 14.6. The fourth-order valence-electron chi connectivity index (χ4n) is 8.66. The third kappa shape index (κ3) is 4.28. The highest BCUT2D eigenvalue weighted by molar-refractivity contribution is 7.25. The smallest absolute Gasteiger partial charge is 0.0981 e. The normalized spacial score (nSPS) is 14.5. The van der Waals surface area contributed by atoms with Crippen molar-refractivity contribution in [2.45, 2.75) is 5.92 Å². The van der Waals surface area contributed by atoms with Gasteiger partial charge in [-0.15, -0.1) is 11.3 Å². The van der Waals surface area contributed by atoms with Crippen molar-refractivity contribution >= 4 is 74.6 Å². The Morgan fingerprint density at radius 1 is 0.451 bits per heavy atom. The van der Waals surface area contributed by atoms with Crippen LogP contribution in [-0.4, -0.2) is 6.61 Å². The van der Waals surface area contributed by atoms with E-state index < -0.39 is 0 Å². The third-order valence-corrected chi connectivity index (χ3v) is 12.0. The van der Waals surface area contributed by atoms with Crippen LogP contribution in [0.1, 0.15) is 11.5 Å². The maximum absolute atomic E-state index is 5.72. The molecule has 0 amide bonds. The summed E-state index contributed by atoms with van der Waals surface area (Å²) >= 11 is 1.88. The lowest BCUT2D eigenvalue weighted by Crippen LogP contribution is -2.01. The predicted molar refractivity (Wildman–Crippen MR) is 216 cm³/mol. The molecule has 0 fully saturated rings. The Kier molecular flexibility index (Phi) is 6.28. The molecule has 51 heavy (non-hydrogen) atoms. The van der Waals surface area contributed by atoms with Gasteiger partial charge >= 0.3 is 0 Å². The van der Waals surface area contributed by atoms with Crippen LogP contribution in [0.15, 0.2) is 169 Å². The van der Waals surface area contributed by atoms with Gasteiger partial charge in [-0.1, -0.05) is 115 Å². The van der Waals surface area contributed by atoms with Gasteiger partial charge in [-0.3, -0.25) is 0 Å². The zero-order valence-electron chi connectivity index (χ0n) is 27.6. The highest BCUT2D eigenvalue weighted by Gasteiger charge is 2.23. The molecule has 1 aliphatic rings. The van der Waals surface area contributed by atoms with Crippen LogP contribution in [0.4, 0.5) is 0 Å². The molecule has 10 aromatic rings. The lowest BCUT2D eigenvalue weighted by molar-refractivity contribution is 0.270. The van der Waals surface area contributed by atoms with E-state index in [4.69, 9.17) is 9.15 Å². The molecule has 1 unspecified atom stereocenters. The minimum absolute atomic E-state index is 0.240. The van der Waals surface area contributed by atoms with Crippen LogP contribution in [0, 0.1) is 0 Å². The highest BCUT2D eigenvalue weighted by Crippen LogP contribution is 2.47. The quantitative estimate of drug-likeness (QED) is 0.174. The van der Waals surface area contributed by atoms with Gasteiger partial charge in [-0.05, 0) is 101 Å². The van der Waals surface area contributed by atoms with Crippen LogP contribution in [-0.2, 0) is 4.74 Å². The molecular formula is C48H30O2S. The van der Waals surface area contributed by atoms with E-state index in [-0.39, 0.29) is 5.92 Å². The SMILES string of the molecule is C1=CC(c2c3ccccc3c(-c3ccc4c(c3)sc3ccc(-c5c6ccccc6c(-c6ccoc6)c6ccccc56)cc34)c3ccccc23)CO1. The van der Waals surface area contributed by atoms with E-state index in [2.05, 4.69) is 146 Å². The number of thiophene rings is 1. The molecule has 2 nitrogen and oxygen atoms in total. The van der Waals surface area contributed by atoms with E-state index in [9.17, 15) is 0 Å². The zero-order chi connectivity index (χ0) is 33.5. The van der Waals surface area contributed by atoms with Crippen molar-refractivity contribution in [1.82, 2.24) is 0 Å². The maximum Gasteiger partial charge on any atom is 0.0981 e. The first-order valence-corrected chi connectivity index (χ1v) is 18.3. The second kappa shape index (κ2) is 11.2. The van der Waals surface area contributed by atoms with Crippen LogP contribution >= 0.6 is 11.3 Å². The summed E-state index contributed by atoms with van der Waals surface area (Å²) in [6.45, 7) is 0.684. The molecule has 0 saturated carbocycles. The number of fused-ring (bicyclic) bond motifs is 7.